The molecule has 2 aromatic carbocycles. The van der Waals surface area contributed by atoms with Gasteiger partial charge in [-0.25, -0.2) is 12.7 Å². The van der Waals surface area contributed by atoms with E-state index in [9.17, 15) is 8.42 Å². The number of aryl methyl sites for hydroxylation is 1. The highest BCUT2D eigenvalue weighted by molar-refractivity contribution is 7.89. The van der Waals surface area contributed by atoms with Gasteiger partial charge in [-0.2, -0.15) is 5.26 Å². The van der Waals surface area contributed by atoms with E-state index in [2.05, 4.69) is 11.1 Å². The van der Waals surface area contributed by atoms with Crippen LogP contribution in [0.15, 0.2) is 47.4 Å². The number of sulfonamides is 1. The molecule has 122 valence electrons. The summed E-state index contributed by atoms with van der Waals surface area (Å²) in [6.45, 7) is 1.94. The smallest absolute Gasteiger partial charge is 0.242 e. The van der Waals surface area contributed by atoms with Gasteiger partial charge in [0.05, 0.1) is 16.5 Å². The third-order valence-corrected chi connectivity index (χ3v) is 5.83. The number of nitrogens with one attached hydrogen (secondary N) is 1. The predicted octanol–water partition coefficient (Wildman–Crippen LogP) is 3.27. The number of nitrogens with zero attached hydrogens (tertiary/aromatic N) is 2. The molecule has 24 heavy (non-hydrogen) atoms. The molecule has 1 aromatic heterocycles. The van der Waals surface area contributed by atoms with Crippen molar-refractivity contribution >= 4 is 20.9 Å². The van der Waals surface area contributed by atoms with E-state index in [0.29, 0.717) is 5.56 Å². The van der Waals surface area contributed by atoms with Gasteiger partial charge >= 0.3 is 0 Å². The normalized spacial score (nSPS) is 11.8. The maximum atomic E-state index is 12.4. The molecule has 5 nitrogen and oxygen atoms in total. The number of fused-ring (bicyclic) bond motifs is 1. The van der Waals surface area contributed by atoms with Gasteiger partial charge in [0.2, 0.25) is 10.0 Å². The van der Waals surface area contributed by atoms with Crippen LogP contribution in [0.2, 0.25) is 0 Å². The number of aromatic amines is 1. The van der Waals surface area contributed by atoms with Crippen LogP contribution >= 0.6 is 0 Å². The second kappa shape index (κ2) is 5.78. The molecule has 6 heteroatoms. The van der Waals surface area contributed by atoms with E-state index in [0.717, 1.165) is 27.7 Å². The lowest BCUT2D eigenvalue weighted by atomic mass is 10.0. The third-order valence-electron chi connectivity index (χ3n) is 4.02. The number of hydrogen-bond donors (Lipinski definition) is 1. The molecular formula is C18H17N3O2S. The van der Waals surface area contributed by atoms with Crippen LogP contribution in [0, 0.1) is 18.3 Å². The van der Waals surface area contributed by atoms with E-state index in [1.807, 2.05) is 25.1 Å². The van der Waals surface area contributed by atoms with Gasteiger partial charge in [0.1, 0.15) is 0 Å². The lowest BCUT2D eigenvalue weighted by Gasteiger charge is -2.12. The summed E-state index contributed by atoms with van der Waals surface area (Å²) < 4.78 is 26.0. The summed E-state index contributed by atoms with van der Waals surface area (Å²) in [6, 6.07) is 14.5. The zero-order chi connectivity index (χ0) is 17.5. The van der Waals surface area contributed by atoms with E-state index in [4.69, 9.17) is 5.26 Å². The van der Waals surface area contributed by atoms with Gasteiger partial charge < -0.3 is 4.98 Å². The molecule has 0 amide bonds. The van der Waals surface area contributed by atoms with Crippen LogP contribution in [-0.4, -0.2) is 31.8 Å². The Morgan fingerprint density at radius 2 is 1.88 bits per heavy atom. The second-order valence-corrected chi connectivity index (χ2v) is 7.96. The molecule has 0 radical (unpaired) electrons. The molecule has 0 unspecified atom stereocenters. The van der Waals surface area contributed by atoms with Crippen LogP contribution < -0.4 is 0 Å². The van der Waals surface area contributed by atoms with E-state index in [1.165, 1.54) is 18.4 Å². The third kappa shape index (κ3) is 2.58. The van der Waals surface area contributed by atoms with Crippen molar-refractivity contribution in [2.45, 2.75) is 11.8 Å². The molecule has 0 saturated heterocycles. The fourth-order valence-electron chi connectivity index (χ4n) is 2.79. The first kappa shape index (κ1) is 16.2. The number of nitriles is 1. The number of hydrogen-bond acceptors (Lipinski definition) is 3. The SMILES string of the molecule is Cc1[nH]c2ccc(C#N)cc2c1-c1cccc(S(=O)(=O)N(C)C)c1. The zero-order valence-electron chi connectivity index (χ0n) is 13.7. The molecule has 0 bridgehead atoms. The summed E-state index contributed by atoms with van der Waals surface area (Å²) in [5.41, 5.74) is 4.14. The predicted molar refractivity (Wildman–Crippen MR) is 94.1 cm³/mol. The minimum absolute atomic E-state index is 0.246. The number of benzene rings is 2. The van der Waals surface area contributed by atoms with Crippen LogP contribution in [-0.2, 0) is 10.0 Å². The van der Waals surface area contributed by atoms with Crippen molar-refractivity contribution in [2.75, 3.05) is 14.1 Å². The van der Waals surface area contributed by atoms with Crippen LogP contribution in [0.3, 0.4) is 0 Å². The molecule has 0 fully saturated rings. The lowest BCUT2D eigenvalue weighted by molar-refractivity contribution is 0.521. The van der Waals surface area contributed by atoms with Gasteiger partial charge in [-0.15, -0.1) is 0 Å². The van der Waals surface area contributed by atoms with Gasteiger partial charge in [0.25, 0.3) is 0 Å². The molecule has 0 aliphatic heterocycles. The lowest BCUT2D eigenvalue weighted by Crippen LogP contribution is -2.22. The summed E-state index contributed by atoms with van der Waals surface area (Å²) >= 11 is 0. The average Bonchev–Trinajstić information content (AvgIpc) is 2.89. The van der Waals surface area contributed by atoms with Crippen LogP contribution in [0.4, 0.5) is 0 Å². The minimum Gasteiger partial charge on any atom is -0.358 e. The van der Waals surface area contributed by atoms with Crippen molar-refractivity contribution < 1.29 is 8.42 Å². The molecule has 0 spiro atoms. The Bertz CT molecular complexity index is 1070. The molecular weight excluding hydrogens is 322 g/mol. The molecule has 0 saturated carbocycles. The molecule has 0 atom stereocenters. The van der Waals surface area contributed by atoms with Gasteiger partial charge in [-0.3, -0.25) is 0 Å². The van der Waals surface area contributed by atoms with Gasteiger partial charge in [0.15, 0.2) is 0 Å². The Kier molecular flexibility index (Phi) is 3.91. The van der Waals surface area contributed by atoms with Crippen molar-refractivity contribution in [3.8, 4) is 17.2 Å². The van der Waals surface area contributed by atoms with Crippen molar-refractivity contribution in [3.05, 3.63) is 53.7 Å². The van der Waals surface area contributed by atoms with Crippen molar-refractivity contribution in [2.24, 2.45) is 0 Å². The standard InChI is InChI=1S/C18H17N3O2S/c1-12-18(16-9-13(11-19)7-8-17(16)20-12)14-5-4-6-15(10-14)24(22,23)21(2)3/h4-10,20H,1-3H3. The first-order valence-electron chi connectivity index (χ1n) is 7.40. The van der Waals surface area contributed by atoms with Gasteiger partial charge in [-0.1, -0.05) is 12.1 Å². The molecule has 3 aromatic rings. The summed E-state index contributed by atoms with van der Waals surface area (Å²) in [4.78, 5) is 3.53. The van der Waals surface area contributed by atoms with E-state index in [-0.39, 0.29) is 4.90 Å². The Hall–Kier alpha value is -2.62. The average molecular weight is 339 g/mol. The summed E-state index contributed by atoms with van der Waals surface area (Å²) in [7, 11) is -0.475. The molecule has 1 heterocycles. The highest BCUT2D eigenvalue weighted by Gasteiger charge is 2.19. The fourth-order valence-corrected chi connectivity index (χ4v) is 3.74. The number of rotatable bonds is 3. The molecule has 0 aliphatic rings. The first-order valence-corrected chi connectivity index (χ1v) is 8.84. The summed E-state index contributed by atoms with van der Waals surface area (Å²) in [5.74, 6) is 0. The highest BCUT2D eigenvalue weighted by atomic mass is 32.2. The molecule has 0 aliphatic carbocycles. The molecule has 1 N–H and O–H groups in total. The van der Waals surface area contributed by atoms with Crippen molar-refractivity contribution in [1.29, 1.82) is 5.26 Å². The van der Waals surface area contributed by atoms with Gasteiger partial charge in [0, 0.05) is 36.3 Å². The van der Waals surface area contributed by atoms with Crippen molar-refractivity contribution in [1.82, 2.24) is 9.29 Å². The highest BCUT2D eigenvalue weighted by Crippen LogP contribution is 2.34. The van der Waals surface area contributed by atoms with Crippen LogP contribution in [0.1, 0.15) is 11.3 Å². The summed E-state index contributed by atoms with van der Waals surface area (Å²) in [6.07, 6.45) is 0. The van der Waals surface area contributed by atoms with Gasteiger partial charge in [-0.05, 0) is 42.8 Å². The fraction of sp³-hybridized carbons (Fsp3) is 0.167. The first-order chi connectivity index (χ1) is 11.3. The number of H-pyrrole nitrogens is 1. The monoisotopic (exact) mass is 339 g/mol. The van der Waals surface area contributed by atoms with Crippen LogP contribution in [0.25, 0.3) is 22.0 Å². The van der Waals surface area contributed by atoms with E-state index < -0.39 is 10.0 Å². The Morgan fingerprint density at radius 3 is 2.54 bits per heavy atom. The topological polar surface area (TPSA) is 77.0 Å². The minimum atomic E-state index is -3.50. The molecule has 3 rings (SSSR count). The number of aromatic nitrogens is 1. The zero-order valence-corrected chi connectivity index (χ0v) is 14.5. The largest absolute Gasteiger partial charge is 0.358 e. The van der Waals surface area contributed by atoms with Crippen molar-refractivity contribution in [3.63, 3.8) is 0 Å². The van der Waals surface area contributed by atoms with Crippen LogP contribution in [0.5, 0.6) is 0 Å². The second-order valence-electron chi connectivity index (χ2n) is 5.81. The maximum Gasteiger partial charge on any atom is 0.242 e. The van der Waals surface area contributed by atoms with E-state index >= 15 is 0 Å². The Balaban J connectivity index is 2.26. The Labute approximate surface area is 141 Å². The Morgan fingerprint density at radius 1 is 1.12 bits per heavy atom. The van der Waals surface area contributed by atoms with E-state index in [1.54, 1.807) is 24.3 Å². The quantitative estimate of drug-likeness (QED) is 0.795. The maximum absolute atomic E-state index is 12.4. The summed E-state index contributed by atoms with van der Waals surface area (Å²) in [5, 5.41) is 10.0.